The molecule has 0 saturated heterocycles. The lowest BCUT2D eigenvalue weighted by molar-refractivity contribution is 0.318. The van der Waals surface area contributed by atoms with Crippen LogP contribution in [-0.4, -0.2) is 15.6 Å². The van der Waals surface area contributed by atoms with Gasteiger partial charge in [0.2, 0.25) is 0 Å². The van der Waals surface area contributed by atoms with Gasteiger partial charge in [-0.2, -0.15) is 0 Å². The largest absolute Gasteiger partial charge is 0.409 e. The molecule has 0 aromatic carbocycles. The number of rotatable bonds is 6. The normalized spacial score (nSPS) is 11.7. The minimum Gasteiger partial charge on any atom is -0.409 e. The standard InChI is InChI=1S/C12H19N3O2/c1-2-3-4-5-8-15-9-6-7-10(12(15)16)11(13)14-17/h6-7,9,17H,2-5,8H2,1H3,(H2,13,14). The zero-order chi connectivity index (χ0) is 12.7. The molecule has 0 radical (unpaired) electrons. The third-order valence-electron chi connectivity index (χ3n) is 2.66. The van der Waals surface area contributed by atoms with Crippen LogP contribution in [0, 0.1) is 0 Å². The fourth-order valence-corrected chi connectivity index (χ4v) is 1.67. The Kier molecular flexibility index (Phi) is 5.26. The number of amidine groups is 1. The second-order valence-corrected chi connectivity index (χ2v) is 3.97. The average molecular weight is 237 g/mol. The maximum absolute atomic E-state index is 11.9. The van der Waals surface area contributed by atoms with Gasteiger partial charge >= 0.3 is 0 Å². The van der Waals surface area contributed by atoms with Gasteiger partial charge in [0.25, 0.3) is 5.56 Å². The van der Waals surface area contributed by atoms with Crippen molar-refractivity contribution in [2.24, 2.45) is 10.9 Å². The monoisotopic (exact) mass is 237 g/mol. The zero-order valence-corrected chi connectivity index (χ0v) is 10.1. The summed E-state index contributed by atoms with van der Waals surface area (Å²) in [6, 6.07) is 3.29. The molecule has 5 heteroatoms. The number of aryl methyl sites for hydroxylation is 1. The summed E-state index contributed by atoms with van der Waals surface area (Å²) in [5.41, 5.74) is 5.46. The van der Waals surface area contributed by atoms with Gasteiger partial charge in [-0.3, -0.25) is 4.79 Å². The van der Waals surface area contributed by atoms with Crippen LogP contribution >= 0.6 is 0 Å². The van der Waals surface area contributed by atoms with Crippen LogP contribution in [0.4, 0.5) is 0 Å². The highest BCUT2D eigenvalue weighted by molar-refractivity contribution is 5.96. The molecule has 0 spiro atoms. The van der Waals surface area contributed by atoms with Crippen molar-refractivity contribution < 1.29 is 5.21 Å². The Hall–Kier alpha value is -1.78. The van der Waals surface area contributed by atoms with Crippen LogP contribution in [0.25, 0.3) is 0 Å². The fraction of sp³-hybridized carbons (Fsp3) is 0.500. The topological polar surface area (TPSA) is 80.6 Å². The molecule has 0 aliphatic carbocycles. The van der Waals surface area contributed by atoms with E-state index in [1.807, 2.05) is 0 Å². The molecule has 0 bridgehead atoms. The molecule has 0 unspecified atom stereocenters. The van der Waals surface area contributed by atoms with E-state index in [0.717, 1.165) is 12.8 Å². The third-order valence-corrected chi connectivity index (χ3v) is 2.66. The minimum absolute atomic E-state index is 0.141. The molecule has 5 nitrogen and oxygen atoms in total. The lowest BCUT2D eigenvalue weighted by Crippen LogP contribution is -2.29. The van der Waals surface area contributed by atoms with Crippen molar-refractivity contribution in [2.75, 3.05) is 0 Å². The first-order valence-corrected chi connectivity index (χ1v) is 5.88. The van der Waals surface area contributed by atoms with E-state index in [1.54, 1.807) is 22.9 Å². The molecule has 3 N–H and O–H groups in total. The molecular formula is C12H19N3O2. The van der Waals surface area contributed by atoms with Crippen molar-refractivity contribution >= 4 is 5.84 Å². The van der Waals surface area contributed by atoms with Crippen molar-refractivity contribution in [2.45, 2.75) is 39.2 Å². The van der Waals surface area contributed by atoms with Gasteiger partial charge < -0.3 is 15.5 Å². The molecule has 0 saturated carbocycles. The van der Waals surface area contributed by atoms with Crippen LogP contribution in [0.2, 0.25) is 0 Å². The highest BCUT2D eigenvalue weighted by Gasteiger charge is 2.06. The van der Waals surface area contributed by atoms with Gasteiger partial charge in [0, 0.05) is 12.7 Å². The van der Waals surface area contributed by atoms with Gasteiger partial charge in [0.15, 0.2) is 5.84 Å². The maximum Gasteiger partial charge on any atom is 0.261 e. The first kappa shape index (κ1) is 13.3. The summed E-state index contributed by atoms with van der Waals surface area (Å²) in [6.45, 7) is 2.82. The summed E-state index contributed by atoms with van der Waals surface area (Å²) < 4.78 is 1.60. The number of unbranched alkanes of at least 4 members (excludes halogenated alkanes) is 3. The summed E-state index contributed by atoms with van der Waals surface area (Å²) in [7, 11) is 0. The molecular weight excluding hydrogens is 218 g/mol. The second-order valence-electron chi connectivity index (χ2n) is 3.97. The smallest absolute Gasteiger partial charge is 0.261 e. The lowest BCUT2D eigenvalue weighted by Gasteiger charge is -2.06. The number of pyridine rings is 1. The van der Waals surface area contributed by atoms with Crippen molar-refractivity contribution in [3.05, 3.63) is 34.2 Å². The Morgan fingerprint density at radius 3 is 2.88 bits per heavy atom. The van der Waals surface area contributed by atoms with Gasteiger partial charge in [-0.05, 0) is 18.6 Å². The van der Waals surface area contributed by atoms with Crippen molar-refractivity contribution in [3.63, 3.8) is 0 Å². The first-order valence-electron chi connectivity index (χ1n) is 5.88. The maximum atomic E-state index is 11.9. The predicted molar refractivity (Wildman–Crippen MR) is 67.4 cm³/mol. The Morgan fingerprint density at radius 2 is 2.24 bits per heavy atom. The molecule has 1 aromatic rings. The summed E-state index contributed by atoms with van der Waals surface area (Å²) in [5.74, 6) is -0.141. The van der Waals surface area contributed by atoms with E-state index in [2.05, 4.69) is 12.1 Å². The van der Waals surface area contributed by atoms with Crippen LogP contribution in [0.1, 0.15) is 38.2 Å². The molecule has 0 aliphatic rings. The van der Waals surface area contributed by atoms with Crippen LogP contribution in [0.3, 0.4) is 0 Å². The Labute approximate surface area is 101 Å². The number of aromatic nitrogens is 1. The Morgan fingerprint density at radius 1 is 1.47 bits per heavy atom. The highest BCUT2D eigenvalue weighted by Crippen LogP contribution is 2.01. The van der Waals surface area contributed by atoms with Crippen molar-refractivity contribution in [1.82, 2.24) is 4.57 Å². The Balaban J connectivity index is 2.77. The van der Waals surface area contributed by atoms with E-state index < -0.39 is 0 Å². The van der Waals surface area contributed by atoms with Gasteiger partial charge in [-0.15, -0.1) is 0 Å². The van der Waals surface area contributed by atoms with Gasteiger partial charge in [-0.25, -0.2) is 0 Å². The molecule has 1 rings (SSSR count). The summed E-state index contributed by atoms with van der Waals surface area (Å²) >= 11 is 0. The van der Waals surface area contributed by atoms with E-state index in [0.29, 0.717) is 6.54 Å². The van der Waals surface area contributed by atoms with Crippen molar-refractivity contribution in [1.29, 1.82) is 0 Å². The second kappa shape index (κ2) is 6.73. The molecule has 1 heterocycles. The van der Waals surface area contributed by atoms with Gasteiger partial charge in [0.1, 0.15) is 0 Å². The number of oxime groups is 1. The minimum atomic E-state index is -0.209. The van der Waals surface area contributed by atoms with Crippen molar-refractivity contribution in [3.8, 4) is 0 Å². The van der Waals surface area contributed by atoms with Gasteiger partial charge in [0.05, 0.1) is 5.56 Å². The van der Waals surface area contributed by atoms with Crippen LogP contribution in [0.15, 0.2) is 28.3 Å². The SMILES string of the molecule is CCCCCCn1cccc(/C(N)=N/O)c1=O. The molecule has 94 valence electrons. The molecule has 0 atom stereocenters. The summed E-state index contributed by atoms with van der Waals surface area (Å²) in [5, 5.41) is 11.4. The lowest BCUT2D eigenvalue weighted by atomic mass is 10.2. The number of hydrogen-bond donors (Lipinski definition) is 2. The third kappa shape index (κ3) is 3.62. The highest BCUT2D eigenvalue weighted by atomic mass is 16.4. The molecule has 0 fully saturated rings. The number of nitrogens with zero attached hydrogens (tertiary/aromatic N) is 2. The summed E-state index contributed by atoms with van der Waals surface area (Å²) in [6.07, 6.45) is 6.14. The van der Waals surface area contributed by atoms with Gasteiger partial charge in [-0.1, -0.05) is 31.3 Å². The number of hydrogen-bond acceptors (Lipinski definition) is 3. The molecule has 0 amide bonds. The predicted octanol–water partition coefficient (Wildman–Crippen LogP) is 1.52. The fourth-order valence-electron chi connectivity index (χ4n) is 1.67. The Bertz CT molecular complexity index is 438. The zero-order valence-electron chi connectivity index (χ0n) is 10.1. The molecule has 17 heavy (non-hydrogen) atoms. The first-order chi connectivity index (χ1) is 8.20. The van der Waals surface area contributed by atoms with E-state index in [1.165, 1.54) is 12.8 Å². The average Bonchev–Trinajstić information content (AvgIpc) is 2.35. The summed E-state index contributed by atoms with van der Waals surface area (Å²) in [4.78, 5) is 11.9. The molecule has 1 aromatic heterocycles. The molecule has 0 aliphatic heterocycles. The van der Waals surface area contributed by atoms with E-state index in [9.17, 15) is 4.79 Å². The van der Waals surface area contributed by atoms with Crippen LogP contribution in [0.5, 0.6) is 0 Å². The van der Waals surface area contributed by atoms with Crippen LogP contribution in [-0.2, 0) is 6.54 Å². The quantitative estimate of drug-likeness (QED) is 0.259. The van der Waals surface area contributed by atoms with Crippen LogP contribution < -0.4 is 11.3 Å². The van der Waals surface area contributed by atoms with E-state index in [4.69, 9.17) is 10.9 Å². The number of nitrogens with two attached hydrogens (primary N) is 1. The van der Waals surface area contributed by atoms with E-state index >= 15 is 0 Å². The van der Waals surface area contributed by atoms with E-state index in [-0.39, 0.29) is 17.0 Å².